The molecule has 1 aliphatic carbocycles. The molecule has 0 bridgehead atoms. The Morgan fingerprint density at radius 1 is 1.25 bits per heavy atom. The number of hydrogen-bond donors (Lipinski definition) is 1. The zero-order chi connectivity index (χ0) is 11.5. The summed E-state index contributed by atoms with van der Waals surface area (Å²) in [4.78, 5) is 11.1. The second-order valence-electron chi connectivity index (χ2n) is 4.70. The first-order valence-corrected chi connectivity index (χ1v) is 5.96. The normalized spacial score (nSPS) is 25.4. The van der Waals surface area contributed by atoms with Crippen LogP contribution in [0.15, 0.2) is 24.3 Å². The summed E-state index contributed by atoms with van der Waals surface area (Å²) in [6, 6.07) is 7.83. The average molecular weight is 218 g/mol. The third-order valence-corrected chi connectivity index (χ3v) is 3.44. The van der Waals surface area contributed by atoms with Crippen LogP contribution in [0.4, 0.5) is 0 Å². The highest BCUT2D eigenvalue weighted by Gasteiger charge is 2.21. The molecule has 0 aliphatic heterocycles. The van der Waals surface area contributed by atoms with Crippen LogP contribution in [0.3, 0.4) is 0 Å². The van der Waals surface area contributed by atoms with Crippen LogP contribution in [-0.2, 0) is 0 Å². The van der Waals surface area contributed by atoms with Gasteiger partial charge in [0.05, 0.1) is 6.10 Å². The van der Waals surface area contributed by atoms with Gasteiger partial charge in [0.2, 0.25) is 0 Å². The molecule has 1 aromatic carbocycles. The molecule has 86 valence electrons. The summed E-state index contributed by atoms with van der Waals surface area (Å²) in [6.07, 6.45) is 3.89. The molecule has 0 amide bonds. The molecule has 1 N–H and O–H groups in total. The molecular formula is C14H18O2. The standard InChI is InChI=1S/C14H18O2/c1-10(15)11-5-7-12(8-6-11)13-3-2-4-14(16)9-13/h5-8,13-14,16H,2-4,9H2,1H3. The Morgan fingerprint density at radius 3 is 2.50 bits per heavy atom. The van der Waals surface area contributed by atoms with Crippen molar-refractivity contribution in [3.05, 3.63) is 35.4 Å². The van der Waals surface area contributed by atoms with Gasteiger partial charge < -0.3 is 5.11 Å². The molecule has 2 unspecified atom stereocenters. The van der Waals surface area contributed by atoms with Crippen LogP contribution in [0.2, 0.25) is 0 Å². The molecule has 2 nitrogen and oxygen atoms in total. The number of hydrogen-bond acceptors (Lipinski definition) is 2. The molecule has 0 aromatic heterocycles. The van der Waals surface area contributed by atoms with Gasteiger partial charge in [-0.15, -0.1) is 0 Å². The fourth-order valence-electron chi connectivity index (χ4n) is 2.46. The van der Waals surface area contributed by atoms with E-state index in [2.05, 4.69) is 0 Å². The Hall–Kier alpha value is -1.15. The van der Waals surface area contributed by atoms with Crippen molar-refractivity contribution < 1.29 is 9.90 Å². The van der Waals surface area contributed by atoms with Gasteiger partial charge in [-0.1, -0.05) is 30.7 Å². The third kappa shape index (κ3) is 2.50. The number of benzene rings is 1. The highest BCUT2D eigenvalue weighted by molar-refractivity contribution is 5.94. The van der Waals surface area contributed by atoms with Crippen molar-refractivity contribution >= 4 is 5.78 Å². The largest absolute Gasteiger partial charge is 0.393 e. The number of carbonyl (C=O) groups excluding carboxylic acids is 1. The zero-order valence-corrected chi connectivity index (χ0v) is 9.65. The average Bonchev–Trinajstić information content (AvgIpc) is 2.29. The Kier molecular flexibility index (Phi) is 3.39. The fraction of sp³-hybridized carbons (Fsp3) is 0.500. The van der Waals surface area contributed by atoms with Crippen LogP contribution >= 0.6 is 0 Å². The Bertz CT molecular complexity index is 367. The van der Waals surface area contributed by atoms with E-state index in [1.807, 2.05) is 24.3 Å². The van der Waals surface area contributed by atoms with Gasteiger partial charge in [-0.05, 0) is 37.7 Å². The summed E-state index contributed by atoms with van der Waals surface area (Å²) >= 11 is 0. The quantitative estimate of drug-likeness (QED) is 0.775. The maximum absolute atomic E-state index is 11.1. The molecular weight excluding hydrogens is 200 g/mol. The van der Waals surface area contributed by atoms with E-state index in [0.29, 0.717) is 5.92 Å². The predicted octanol–water partition coefficient (Wildman–Crippen LogP) is 2.91. The summed E-state index contributed by atoms with van der Waals surface area (Å²) in [5, 5.41) is 9.63. The number of aliphatic hydroxyl groups is 1. The molecule has 2 rings (SSSR count). The molecule has 0 spiro atoms. The van der Waals surface area contributed by atoms with Crippen LogP contribution in [0.5, 0.6) is 0 Å². The maximum Gasteiger partial charge on any atom is 0.159 e. The molecule has 1 aliphatic rings. The third-order valence-electron chi connectivity index (χ3n) is 3.44. The van der Waals surface area contributed by atoms with Crippen LogP contribution < -0.4 is 0 Å². The van der Waals surface area contributed by atoms with Crippen molar-refractivity contribution in [2.45, 2.75) is 44.6 Å². The molecule has 1 saturated carbocycles. The number of ketones is 1. The monoisotopic (exact) mass is 218 g/mol. The first-order valence-electron chi connectivity index (χ1n) is 5.96. The summed E-state index contributed by atoms with van der Waals surface area (Å²) in [5.74, 6) is 0.569. The lowest BCUT2D eigenvalue weighted by Crippen LogP contribution is -2.18. The Morgan fingerprint density at radius 2 is 1.94 bits per heavy atom. The van der Waals surface area contributed by atoms with Crippen molar-refractivity contribution in [2.24, 2.45) is 0 Å². The second kappa shape index (κ2) is 4.79. The smallest absolute Gasteiger partial charge is 0.159 e. The van der Waals surface area contributed by atoms with Crippen LogP contribution in [0, 0.1) is 0 Å². The van der Waals surface area contributed by atoms with E-state index in [1.165, 1.54) is 5.56 Å². The summed E-state index contributed by atoms with van der Waals surface area (Å²) < 4.78 is 0. The first kappa shape index (κ1) is 11.3. The van der Waals surface area contributed by atoms with E-state index in [-0.39, 0.29) is 11.9 Å². The van der Waals surface area contributed by atoms with Gasteiger partial charge in [0.15, 0.2) is 5.78 Å². The van der Waals surface area contributed by atoms with Gasteiger partial charge in [-0.25, -0.2) is 0 Å². The van der Waals surface area contributed by atoms with Gasteiger partial charge in [0, 0.05) is 5.56 Å². The number of aliphatic hydroxyl groups excluding tert-OH is 1. The lowest BCUT2D eigenvalue weighted by Gasteiger charge is -2.26. The van der Waals surface area contributed by atoms with Gasteiger partial charge in [-0.2, -0.15) is 0 Å². The molecule has 0 saturated heterocycles. The van der Waals surface area contributed by atoms with Crippen molar-refractivity contribution in [1.82, 2.24) is 0 Å². The highest BCUT2D eigenvalue weighted by Crippen LogP contribution is 2.32. The molecule has 2 atom stereocenters. The van der Waals surface area contributed by atoms with Crippen molar-refractivity contribution in [3.8, 4) is 0 Å². The molecule has 16 heavy (non-hydrogen) atoms. The predicted molar refractivity (Wildman–Crippen MR) is 63.7 cm³/mol. The topological polar surface area (TPSA) is 37.3 Å². The van der Waals surface area contributed by atoms with E-state index in [1.54, 1.807) is 6.92 Å². The number of rotatable bonds is 2. The lowest BCUT2D eigenvalue weighted by molar-refractivity contribution is 0.101. The molecule has 2 heteroatoms. The Labute approximate surface area is 96.3 Å². The van der Waals surface area contributed by atoms with Gasteiger partial charge in [0.1, 0.15) is 0 Å². The minimum absolute atomic E-state index is 0.107. The van der Waals surface area contributed by atoms with E-state index in [9.17, 15) is 9.90 Å². The van der Waals surface area contributed by atoms with Crippen LogP contribution in [0.1, 0.15) is 54.4 Å². The minimum atomic E-state index is -0.147. The van der Waals surface area contributed by atoms with Crippen molar-refractivity contribution in [1.29, 1.82) is 0 Å². The molecule has 1 fully saturated rings. The molecule has 0 radical (unpaired) electrons. The maximum atomic E-state index is 11.1. The van der Waals surface area contributed by atoms with Gasteiger partial charge in [-0.3, -0.25) is 4.79 Å². The molecule has 1 aromatic rings. The van der Waals surface area contributed by atoms with E-state index < -0.39 is 0 Å². The first-order chi connectivity index (χ1) is 7.66. The minimum Gasteiger partial charge on any atom is -0.393 e. The zero-order valence-electron chi connectivity index (χ0n) is 9.65. The highest BCUT2D eigenvalue weighted by atomic mass is 16.3. The van der Waals surface area contributed by atoms with Crippen molar-refractivity contribution in [2.75, 3.05) is 0 Å². The lowest BCUT2D eigenvalue weighted by atomic mass is 9.82. The van der Waals surface area contributed by atoms with E-state index >= 15 is 0 Å². The van der Waals surface area contributed by atoms with Crippen molar-refractivity contribution in [3.63, 3.8) is 0 Å². The summed E-state index contributed by atoms with van der Waals surface area (Å²) in [5.41, 5.74) is 2.02. The fourth-order valence-corrected chi connectivity index (χ4v) is 2.46. The summed E-state index contributed by atoms with van der Waals surface area (Å²) in [6.45, 7) is 1.58. The van der Waals surface area contributed by atoms with Gasteiger partial charge >= 0.3 is 0 Å². The SMILES string of the molecule is CC(=O)c1ccc(C2CCCC(O)C2)cc1. The Balaban J connectivity index is 2.11. The van der Waals surface area contributed by atoms with Crippen LogP contribution in [-0.4, -0.2) is 17.0 Å². The van der Waals surface area contributed by atoms with Gasteiger partial charge in [0.25, 0.3) is 0 Å². The molecule has 0 heterocycles. The second-order valence-corrected chi connectivity index (χ2v) is 4.70. The summed E-state index contributed by atoms with van der Waals surface area (Å²) in [7, 11) is 0. The van der Waals surface area contributed by atoms with Crippen LogP contribution in [0.25, 0.3) is 0 Å². The van der Waals surface area contributed by atoms with E-state index in [0.717, 1.165) is 31.2 Å². The number of carbonyl (C=O) groups is 1. The van der Waals surface area contributed by atoms with E-state index in [4.69, 9.17) is 0 Å². The number of Topliss-reactive ketones (excluding diaryl/α,β-unsaturated/α-hetero) is 1.